The molecule has 0 bridgehead atoms. The first-order chi connectivity index (χ1) is 9.59. The summed E-state index contributed by atoms with van der Waals surface area (Å²) in [7, 11) is 0. The van der Waals surface area contributed by atoms with Crippen LogP contribution < -0.4 is 4.90 Å². The maximum absolute atomic E-state index is 11.4. The third kappa shape index (κ3) is 3.35. The molecule has 2 rings (SSSR count). The number of hydrogen-bond donors (Lipinski definition) is 0. The molecular formula is C15H20N2O3. The van der Waals surface area contributed by atoms with E-state index in [1.165, 1.54) is 32.3 Å². The molecule has 0 radical (unpaired) electrons. The molecule has 0 unspecified atom stereocenters. The van der Waals surface area contributed by atoms with Crippen LogP contribution in [0, 0.1) is 10.1 Å². The minimum atomic E-state index is -0.388. The van der Waals surface area contributed by atoms with Crippen molar-refractivity contribution < 1.29 is 9.72 Å². The zero-order chi connectivity index (χ0) is 14.5. The number of anilines is 1. The van der Waals surface area contributed by atoms with E-state index in [1.807, 2.05) is 0 Å². The first kappa shape index (κ1) is 14.5. The van der Waals surface area contributed by atoms with Crippen molar-refractivity contribution in [2.45, 2.75) is 39.0 Å². The molecule has 0 N–H and O–H groups in total. The number of carbonyl (C=O) groups is 1. The van der Waals surface area contributed by atoms with Crippen molar-refractivity contribution in [2.24, 2.45) is 0 Å². The number of rotatable bonds is 3. The maximum atomic E-state index is 11.4. The summed E-state index contributed by atoms with van der Waals surface area (Å²) in [6, 6.07) is 4.80. The fourth-order valence-electron chi connectivity index (χ4n) is 2.64. The number of nitro groups is 1. The van der Waals surface area contributed by atoms with Gasteiger partial charge < -0.3 is 4.90 Å². The molecule has 0 amide bonds. The van der Waals surface area contributed by atoms with E-state index in [0.29, 0.717) is 11.3 Å². The Balaban J connectivity index is 2.33. The summed E-state index contributed by atoms with van der Waals surface area (Å²) in [5.41, 5.74) is 1.08. The van der Waals surface area contributed by atoms with Crippen LogP contribution in [0.5, 0.6) is 0 Å². The largest absolute Gasteiger partial charge is 0.366 e. The smallest absolute Gasteiger partial charge is 0.293 e. The van der Waals surface area contributed by atoms with Crippen molar-refractivity contribution in [3.05, 3.63) is 33.9 Å². The first-order valence-corrected chi connectivity index (χ1v) is 7.14. The van der Waals surface area contributed by atoms with Gasteiger partial charge in [-0.05, 0) is 31.9 Å². The van der Waals surface area contributed by atoms with Crippen LogP contribution >= 0.6 is 0 Å². The number of hydrogen-bond acceptors (Lipinski definition) is 4. The van der Waals surface area contributed by atoms with Gasteiger partial charge in [0.25, 0.3) is 5.69 Å². The minimum absolute atomic E-state index is 0.0401. The first-order valence-electron chi connectivity index (χ1n) is 7.14. The molecule has 1 aliphatic rings. The van der Waals surface area contributed by atoms with Crippen molar-refractivity contribution in [2.75, 3.05) is 18.0 Å². The van der Waals surface area contributed by atoms with Gasteiger partial charge in [-0.2, -0.15) is 0 Å². The monoisotopic (exact) mass is 276 g/mol. The van der Waals surface area contributed by atoms with Gasteiger partial charge >= 0.3 is 0 Å². The van der Waals surface area contributed by atoms with Gasteiger partial charge in [-0.25, -0.2) is 0 Å². The molecule has 20 heavy (non-hydrogen) atoms. The van der Waals surface area contributed by atoms with E-state index in [9.17, 15) is 14.9 Å². The third-order valence-corrected chi connectivity index (χ3v) is 3.78. The molecule has 1 aliphatic heterocycles. The second-order valence-corrected chi connectivity index (χ2v) is 5.27. The number of benzene rings is 1. The van der Waals surface area contributed by atoms with Crippen LogP contribution in [0.2, 0.25) is 0 Å². The van der Waals surface area contributed by atoms with Crippen molar-refractivity contribution in [1.29, 1.82) is 0 Å². The summed E-state index contributed by atoms with van der Waals surface area (Å²) in [5, 5.41) is 11.3. The van der Waals surface area contributed by atoms with Crippen LogP contribution in [0.1, 0.15) is 49.4 Å². The lowest BCUT2D eigenvalue weighted by atomic mass is 10.1. The van der Waals surface area contributed by atoms with E-state index < -0.39 is 0 Å². The molecule has 0 atom stereocenters. The fraction of sp³-hybridized carbons (Fsp3) is 0.533. The summed E-state index contributed by atoms with van der Waals surface area (Å²) in [4.78, 5) is 24.3. The van der Waals surface area contributed by atoms with Crippen molar-refractivity contribution >= 4 is 17.2 Å². The summed E-state index contributed by atoms with van der Waals surface area (Å²) < 4.78 is 0. The lowest BCUT2D eigenvalue weighted by Gasteiger charge is -2.26. The van der Waals surface area contributed by atoms with Gasteiger partial charge in [0.05, 0.1) is 4.92 Å². The van der Waals surface area contributed by atoms with E-state index in [0.717, 1.165) is 25.9 Å². The van der Waals surface area contributed by atoms with E-state index in [4.69, 9.17) is 0 Å². The quantitative estimate of drug-likeness (QED) is 0.481. The van der Waals surface area contributed by atoms with Gasteiger partial charge in [-0.3, -0.25) is 14.9 Å². The van der Waals surface area contributed by atoms with Gasteiger partial charge in [-0.1, -0.05) is 19.3 Å². The van der Waals surface area contributed by atoms with Crippen molar-refractivity contribution in [3.8, 4) is 0 Å². The third-order valence-electron chi connectivity index (χ3n) is 3.78. The molecule has 1 aromatic rings. The molecule has 5 heteroatoms. The highest BCUT2D eigenvalue weighted by atomic mass is 16.6. The maximum Gasteiger partial charge on any atom is 0.293 e. The van der Waals surface area contributed by atoms with Gasteiger partial charge in [-0.15, -0.1) is 0 Å². The number of nitro benzene ring substituents is 1. The normalized spacial score (nSPS) is 16.4. The molecule has 5 nitrogen and oxygen atoms in total. The highest BCUT2D eigenvalue weighted by Gasteiger charge is 2.21. The van der Waals surface area contributed by atoms with Crippen LogP contribution in [-0.4, -0.2) is 23.8 Å². The van der Waals surface area contributed by atoms with Gasteiger partial charge in [0.2, 0.25) is 0 Å². The van der Waals surface area contributed by atoms with Crippen molar-refractivity contribution in [1.82, 2.24) is 0 Å². The lowest BCUT2D eigenvalue weighted by molar-refractivity contribution is -0.384. The summed E-state index contributed by atoms with van der Waals surface area (Å²) in [6.45, 7) is 3.12. The second kappa shape index (κ2) is 6.50. The van der Waals surface area contributed by atoms with Gasteiger partial charge in [0, 0.05) is 24.7 Å². The fourth-order valence-corrected chi connectivity index (χ4v) is 2.64. The Morgan fingerprint density at radius 1 is 1.15 bits per heavy atom. The zero-order valence-corrected chi connectivity index (χ0v) is 11.8. The van der Waals surface area contributed by atoms with E-state index in [2.05, 4.69) is 4.90 Å². The Kier molecular flexibility index (Phi) is 4.71. The molecule has 0 spiro atoms. The molecule has 1 aromatic carbocycles. The average molecular weight is 276 g/mol. The molecule has 0 aliphatic carbocycles. The minimum Gasteiger partial charge on any atom is -0.366 e. The average Bonchev–Trinajstić information content (AvgIpc) is 2.37. The summed E-state index contributed by atoms with van der Waals surface area (Å²) >= 11 is 0. The van der Waals surface area contributed by atoms with Gasteiger partial charge in [0.15, 0.2) is 5.78 Å². The summed E-state index contributed by atoms with van der Waals surface area (Å²) in [5.74, 6) is -0.146. The molecule has 0 saturated carbocycles. The molecular weight excluding hydrogens is 256 g/mol. The SMILES string of the molecule is CC(=O)c1ccc(N2CCCCCCC2)c([N+](=O)[O-])c1. The molecule has 0 aromatic heterocycles. The Morgan fingerprint density at radius 2 is 1.75 bits per heavy atom. The molecule has 1 saturated heterocycles. The Morgan fingerprint density at radius 3 is 2.30 bits per heavy atom. The number of nitrogens with zero attached hydrogens (tertiary/aromatic N) is 2. The van der Waals surface area contributed by atoms with E-state index >= 15 is 0 Å². The Hall–Kier alpha value is -1.91. The predicted molar refractivity (Wildman–Crippen MR) is 78.4 cm³/mol. The highest BCUT2D eigenvalue weighted by molar-refractivity contribution is 5.95. The highest BCUT2D eigenvalue weighted by Crippen LogP contribution is 2.30. The standard InChI is InChI=1S/C15H20N2O3/c1-12(18)13-7-8-14(15(11-13)17(19)20)16-9-5-3-2-4-6-10-16/h7-8,11H,2-6,9-10H2,1H3. The predicted octanol–water partition coefficient (Wildman–Crippen LogP) is 3.57. The van der Waals surface area contributed by atoms with Crippen LogP contribution in [-0.2, 0) is 0 Å². The number of ketones is 1. The van der Waals surface area contributed by atoms with Gasteiger partial charge in [0.1, 0.15) is 5.69 Å². The lowest BCUT2D eigenvalue weighted by Crippen LogP contribution is -2.27. The topological polar surface area (TPSA) is 63.5 Å². The number of Topliss-reactive ketones (excluding diaryl/α,β-unsaturated/α-hetero) is 1. The Bertz CT molecular complexity index is 506. The van der Waals surface area contributed by atoms with Crippen molar-refractivity contribution in [3.63, 3.8) is 0 Å². The number of carbonyl (C=O) groups excluding carboxylic acids is 1. The second-order valence-electron chi connectivity index (χ2n) is 5.27. The molecule has 1 fully saturated rings. The summed E-state index contributed by atoms with van der Waals surface area (Å²) in [6.07, 6.45) is 5.72. The van der Waals surface area contributed by atoms with Crippen LogP contribution in [0.25, 0.3) is 0 Å². The van der Waals surface area contributed by atoms with E-state index in [-0.39, 0.29) is 16.4 Å². The zero-order valence-electron chi connectivity index (χ0n) is 11.8. The van der Waals surface area contributed by atoms with Crippen LogP contribution in [0.4, 0.5) is 11.4 Å². The molecule has 1 heterocycles. The van der Waals surface area contributed by atoms with Crippen LogP contribution in [0.15, 0.2) is 18.2 Å². The van der Waals surface area contributed by atoms with Crippen LogP contribution in [0.3, 0.4) is 0 Å². The van der Waals surface area contributed by atoms with E-state index in [1.54, 1.807) is 12.1 Å². The molecule has 108 valence electrons. The Labute approximate surface area is 118 Å².